The molecule has 0 fully saturated rings. The number of carbonyl (C=O) groups is 2. The number of halogens is 3. The van der Waals surface area contributed by atoms with Gasteiger partial charge in [0.1, 0.15) is 30.7 Å². The highest BCUT2D eigenvalue weighted by atomic mass is 127. The van der Waals surface area contributed by atoms with Crippen molar-refractivity contribution < 1.29 is 33.0 Å². The zero-order chi connectivity index (χ0) is 21.6. The molecular formula is C21H20F2IO5-. The lowest BCUT2D eigenvalue weighted by molar-refractivity contribution is -0.323. The Morgan fingerprint density at radius 2 is 1.72 bits per heavy atom. The maximum absolute atomic E-state index is 13.3. The number of ketones is 1. The van der Waals surface area contributed by atoms with Gasteiger partial charge in [-0.2, -0.15) is 8.78 Å². The minimum atomic E-state index is -4.58. The minimum absolute atomic E-state index is 0.200. The molecule has 2 rings (SSSR count). The van der Waals surface area contributed by atoms with Crippen LogP contribution in [-0.2, 0) is 4.79 Å². The van der Waals surface area contributed by atoms with Crippen molar-refractivity contribution in [2.45, 2.75) is 32.1 Å². The molecule has 5 nitrogen and oxygen atoms in total. The summed E-state index contributed by atoms with van der Waals surface area (Å²) in [6.45, 7) is 4.75. The predicted octanol–water partition coefficient (Wildman–Crippen LogP) is 3.83. The molecule has 8 heteroatoms. The van der Waals surface area contributed by atoms with Gasteiger partial charge in [0.05, 0.1) is 3.57 Å². The van der Waals surface area contributed by atoms with E-state index in [0.717, 1.165) is 18.6 Å². The zero-order valence-corrected chi connectivity index (χ0v) is 18.1. The standard InChI is InChI=1S/C21H21F2IO5/c1-3-13(2)14-4-7-16(8-5-14)28-10-11-29-18-9-6-15(12-17(18)24)19(25)21(22,23)20(26)27/h4-9,12-13H,3,10-11H2,1-2H3,(H,26,27)/p-1. The lowest BCUT2D eigenvalue weighted by Gasteiger charge is -2.16. The summed E-state index contributed by atoms with van der Waals surface area (Å²) in [5, 5.41) is 10.4. The molecule has 1 atom stereocenters. The second-order valence-corrected chi connectivity index (χ2v) is 7.57. The molecule has 0 saturated heterocycles. The summed E-state index contributed by atoms with van der Waals surface area (Å²) in [4.78, 5) is 22.1. The van der Waals surface area contributed by atoms with Crippen LogP contribution in [0.3, 0.4) is 0 Å². The first-order valence-corrected chi connectivity index (χ1v) is 10.0. The number of carboxylic acid groups (broad SMARTS) is 1. The first kappa shape index (κ1) is 23.1. The summed E-state index contributed by atoms with van der Waals surface area (Å²) >= 11 is 1.82. The average molecular weight is 517 g/mol. The van der Waals surface area contributed by atoms with Crippen molar-refractivity contribution in [2.75, 3.05) is 13.2 Å². The van der Waals surface area contributed by atoms with Crippen molar-refractivity contribution >= 4 is 34.3 Å². The molecule has 0 bridgehead atoms. The van der Waals surface area contributed by atoms with E-state index in [-0.39, 0.29) is 13.2 Å². The van der Waals surface area contributed by atoms with Crippen LogP contribution < -0.4 is 14.6 Å². The van der Waals surface area contributed by atoms with E-state index < -0.39 is 23.2 Å². The highest BCUT2D eigenvalue weighted by Crippen LogP contribution is 2.26. The highest BCUT2D eigenvalue weighted by Gasteiger charge is 2.41. The van der Waals surface area contributed by atoms with Gasteiger partial charge in [0.2, 0.25) is 5.78 Å². The number of carbonyl (C=O) groups excluding carboxylic acids is 2. The third-order valence-corrected chi connectivity index (χ3v) is 5.25. The van der Waals surface area contributed by atoms with Crippen molar-refractivity contribution in [1.82, 2.24) is 0 Å². The van der Waals surface area contributed by atoms with Gasteiger partial charge in [0.25, 0.3) is 0 Å². The second-order valence-electron chi connectivity index (χ2n) is 6.41. The Labute approximate surface area is 181 Å². The second kappa shape index (κ2) is 10.00. The Bertz CT molecular complexity index is 868. The number of aliphatic carboxylic acids is 1. The number of carboxylic acids is 1. The van der Waals surface area contributed by atoms with E-state index in [1.807, 2.05) is 46.9 Å². The van der Waals surface area contributed by atoms with Gasteiger partial charge in [-0.15, -0.1) is 0 Å². The van der Waals surface area contributed by atoms with Gasteiger partial charge in [-0.05, 0) is 70.8 Å². The van der Waals surface area contributed by atoms with E-state index in [4.69, 9.17) is 9.47 Å². The minimum Gasteiger partial charge on any atom is -0.544 e. The van der Waals surface area contributed by atoms with Crippen molar-refractivity contribution in [3.63, 3.8) is 0 Å². The average Bonchev–Trinajstić information content (AvgIpc) is 2.71. The first-order chi connectivity index (χ1) is 13.7. The monoisotopic (exact) mass is 517 g/mol. The van der Waals surface area contributed by atoms with Crippen LogP contribution in [0.5, 0.6) is 11.5 Å². The predicted molar refractivity (Wildman–Crippen MR) is 110 cm³/mol. The Morgan fingerprint density at radius 3 is 2.28 bits per heavy atom. The summed E-state index contributed by atoms with van der Waals surface area (Å²) in [6, 6.07) is 11.4. The lowest BCUT2D eigenvalue weighted by atomic mass is 9.99. The summed E-state index contributed by atoms with van der Waals surface area (Å²) in [7, 11) is 0. The first-order valence-electron chi connectivity index (χ1n) is 8.96. The molecular weight excluding hydrogens is 497 g/mol. The number of alkyl halides is 2. The van der Waals surface area contributed by atoms with Gasteiger partial charge in [-0.3, -0.25) is 4.79 Å². The van der Waals surface area contributed by atoms with E-state index >= 15 is 0 Å². The molecule has 0 aliphatic heterocycles. The number of rotatable bonds is 10. The van der Waals surface area contributed by atoms with E-state index in [2.05, 4.69) is 13.8 Å². The molecule has 0 aliphatic rings. The van der Waals surface area contributed by atoms with E-state index in [1.54, 1.807) is 0 Å². The third kappa shape index (κ3) is 5.88. The van der Waals surface area contributed by atoms with E-state index in [9.17, 15) is 23.5 Å². The van der Waals surface area contributed by atoms with Crippen LogP contribution >= 0.6 is 22.6 Å². The molecule has 156 valence electrons. The molecule has 2 aromatic carbocycles. The normalized spacial score (nSPS) is 12.3. The quantitative estimate of drug-likeness (QED) is 0.207. The Hall–Kier alpha value is -2.23. The summed E-state index contributed by atoms with van der Waals surface area (Å²) < 4.78 is 38.1. The van der Waals surface area contributed by atoms with Crippen molar-refractivity contribution in [1.29, 1.82) is 0 Å². The van der Waals surface area contributed by atoms with Crippen molar-refractivity contribution in [3.05, 3.63) is 57.2 Å². The molecule has 0 amide bonds. The molecule has 0 aliphatic carbocycles. The SMILES string of the molecule is CCC(C)c1ccc(OCCOc2ccc(C(=O)C(F)(F)C(=O)[O-])cc2I)cc1. The van der Waals surface area contributed by atoms with Crippen LogP contribution in [0.25, 0.3) is 0 Å². The number of hydrogen-bond acceptors (Lipinski definition) is 5. The highest BCUT2D eigenvalue weighted by molar-refractivity contribution is 14.1. The smallest absolute Gasteiger partial charge is 0.348 e. The lowest BCUT2D eigenvalue weighted by Crippen LogP contribution is -2.47. The van der Waals surface area contributed by atoms with Gasteiger partial charge >= 0.3 is 5.92 Å². The van der Waals surface area contributed by atoms with Gasteiger partial charge < -0.3 is 19.4 Å². The third-order valence-electron chi connectivity index (χ3n) is 4.41. The topological polar surface area (TPSA) is 75.7 Å². The molecule has 0 saturated carbocycles. The van der Waals surface area contributed by atoms with Crippen LogP contribution in [0, 0.1) is 3.57 Å². The molecule has 0 aromatic heterocycles. The molecule has 1 unspecified atom stereocenters. The fourth-order valence-electron chi connectivity index (χ4n) is 2.47. The van der Waals surface area contributed by atoms with Crippen LogP contribution in [-0.4, -0.2) is 30.9 Å². The van der Waals surface area contributed by atoms with E-state index in [0.29, 0.717) is 21.0 Å². The molecule has 29 heavy (non-hydrogen) atoms. The largest absolute Gasteiger partial charge is 0.544 e. The van der Waals surface area contributed by atoms with Crippen molar-refractivity contribution in [3.8, 4) is 11.5 Å². The Kier molecular flexibility index (Phi) is 7.95. The fraction of sp³-hybridized carbons (Fsp3) is 0.333. The van der Waals surface area contributed by atoms with Crippen LogP contribution in [0.1, 0.15) is 42.1 Å². The fourth-order valence-corrected chi connectivity index (χ4v) is 3.14. The maximum Gasteiger partial charge on any atom is 0.348 e. The Morgan fingerprint density at radius 1 is 1.10 bits per heavy atom. The van der Waals surface area contributed by atoms with Crippen molar-refractivity contribution in [2.24, 2.45) is 0 Å². The van der Waals surface area contributed by atoms with Gasteiger partial charge in [-0.25, -0.2) is 0 Å². The number of Topliss-reactive ketones (excluding diaryl/α,β-unsaturated/α-hetero) is 1. The number of ether oxygens (including phenoxy) is 2. The van der Waals surface area contributed by atoms with Crippen LogP contribution in [0.4, 0.5) is 8.78 Å². The zero-order valence-electron chi connectivity index (χ0n) is 15.9. The summed E-state index contributed by atoms with van der Waals surface area (Å²) in [5.41, 5.74) is 0.804. The molecule has 0 heterocycles. The molecule has 0 N–H and O–H groups in total. The molecule has 0 spiro atoms. The maximum atomic E-state index is 13.3. The van der Waals surface area contributed by atoms with Gasteiger partial charge in [0.15, 0.2) is 0 Å². The number of benzene rings is 2. The Balaban J connectivity index is 1.90. The molecule has 0 radical (unpaired) electrons. The molecule has 2 aromatic rings. The van der Waals surface area contributed by atoms with Crippen LogP contribution in [0.15, 0.2) is 42.5 Å². The number of hydrogen-bond donors (Lipinski definition) is 0. The van der Waals surface area contributed by atoms with Gasteiger partial charge in [0, 0.05) is 5.56 Å². The summed E-state index contributed by atoms with van der Waals surface area (Å²) in [6.07, 6.45) is 1.06. The van der Waals surface area contributed by atoms with E-state index in [1.165, 1.54) is 11.6 Å². The summed E-state index contributed by atoms with van der Waals surface area (Å²) in [5.74, 6) is -7.58. The van der Waals surface area contributed by atoms with Gasteiger partial charge in [-0.1, -0.05) is 26.0 Å². The van der Waals surface area contributed by atoms with Crippen LogP contribution in [0.2, 0.25) is 0 Å².